The molecular weight excluding hydrogens is 422 g/mol. The molecule has 1 atom stereocenters. The fourth-order valence-corrected chi connectivity index (χ4v) is 5.48. The van der Waals surface area contributed by atoms with Crippen LogP contribution in [0.25, 0.3) is 0 Å². The van der Waals surface area contributed by atoms with Gasteiger partial charge in [0.15, 0.2) is 0 Å². The molecule has 1 saturated carbocycles. The van der Waals surface area contributed by atoms with Gasteiger partial charge in [-0.1, -0.05) is 45.2 Å². The molecule has 5 nitrogen and oxygen atoms in total. The number of aromatic nitrogens is 1. The van der Waals surface area contributed by atoms with E-state index in [1.807, 2.05) is 20.2 Å². The van der Waals surface area contributed by atoms with Gasteiger partial charge in [0.05, 0.1) is 18.5 Å². The van der Waals surface area contributed by atoms with Crippen molar-refractivity contribution in [2.24, 2.45) is 11.8 Å². The monoisotopic (exact) mass is 463 g/mol. The Morgan fingerprint density at radius 2 is 1.91 bits per heavy atom. The average Bonchev–Trinajstić information content (AvgIpc) is 3.16. The summed E-state index contributed by atoms with van der Waals surface area (Å²) < 4.78 is 5.63. The van der Waals surface area contributed by atoms with Crippen molar-refractivity contribution in [2.45, 2.75) is 78.2 Å². The maximum atomic E-state index is 12.6. The van der Waals surface area contributed by atoms with Crippen molar-refractivity contribution < 1.29 is 9.53 Å². The number of pyridine rings is 1. The zero-order valence-corrected chi connectivity index (χ0v) is 21.4. The Hall–Kier alpha value is -2.56. The number of benzene rings is 1. The summed E-state index contributed by atoms with van der Waals surface area (Å²) in [5.41, 5.74) is 3.51. The second-order valence-electron chi connectivity index (χ2n) is 10.5. The maximum absolute atomic E-state index is 12.6. The Bertz CT molecular complexity index is 950. The highest BCUT2D eigenvalue weighted by molar-refractivity contribution is 5.93. The van der Waals surface area contributed by atoms with E-state index in [1.54, 1.807) is 4.90 Å². The Balaban J connectivity index is 1.54. The van der Waals surface area contributed by atoms with Crippen molar-refractivity contribution in [2.75, 3.05) is 30.0 Å². The van der Waals surface area contributed by atoms with Gasteiger partial charge in [0, 0.05) is 26.1 Å². The highest BCUT2D eigenvalue weighted by Crippen LogP contribution is 2.37. The van der Waals surface area contributed by atoms with Crippen LogP contribution in [0.1, 0.15) is 70.4 Å². The van der Waals surface area contributed by atoms with Gasteiger partial charge in [0.1, 0.15) is 11.6 Å². The first-order chi connectivity index (χ1) is 16.4. The van der Waals surface area contributed by atoms with E-state index in [9.17, 15) is 4.79 Å². The molecular formula is C29H41N3O2. The fraction of sp³-hybridized carbons (Fsp3) is 0.586. The Morgan fingerprint density at radius 1 is 1.18 bits per heavy atom. The quantitative estimate of drug-likeness (QED) is 0.455. The molecule has 0 radical (unpaired) electrons. The molecule has 0 N–H and O–H groups in total. The summed E-state index contributed by atoms with van der Waals surface area (Å²) in [6.45, 7) is 7.96. The molecule has 2 aliphatic rings. The van der Waals surface area contributed by atoms with Crippen molar-refractivity contribution in [1.82, 2.24) is 4.98 Å². The second-order valence-corrected chi connectivity index (χ2v) is 10.5. The molecule has 34 heavy (non-hydrogen) atoms. The highest BCUT2D eigenvalue weighted by atomic mass is 16.5. The summed E-state index contributed by atoms with van der Waals surface area (Å²) in [5.74, 6) is 3.30. The Kier molecular flexibility index (Phi) is 8.12. The molecule has 1 aromatic carbocycles. The maximum Gasteiger partial charge on any atom is 0.227 e. The zero-order chi connectivity index (χ0) is 24.1. The lowest BCUT2D eigenvalue weighted by Crippen LogP contribution is -2.38. The van der Waals surface area contributed by atoms with E-state index < -0.39 is 0 Å². The van der Waals surface area contributed by atoms with Gasteiger partial charge in [-0.2, -0.15) is 0 Å². The van der Waals surface area contributed by atoms with Gasteiger partial charge < -0.3 is 14.5 Å². The standard InChI is InChI=1S/C29H41N3O2/c1-5-34-27-13-11-22(12-14-27)16-25-17-24-18-26(31(4)28(33)15-21(2)3)19-30-29(24)32(25)20-23-9-7-6-8-10-23/h11-14,18-19,21,23,25H,5-10,15-17,20H2,1-4H3. The summed E-state index contributed by atoms with van der Waals surface area (Å²) in [6.07, 6.45) is 11.1. The normalized spacial score (nSPS) is 18.3. The second kappa shape index (κ2) is 11.2. The first kappa shape index (κ1) is 24.6. The molecule has 2 aromatic rings. The van der Waals surface area contributed by atoms with Crippen LogP contribution in [0.15, 0.2) is 36.5 Å². The predicted octanol–water partition coefficient (Wildman–Crippen LogP) is 6.04. The number of hydrogen-bond acceptors (Lipinski definition) is 4. The van der Waals surface area contributed by atoms with Gasteiger partial charge in [0.25, 0.3) is 0 Å². The number of anilines is 2. The smallest absolute Gasteiger partial charge is 0.227 e. The number of fused-ring (bicyclic) bond motifs is 1. The highest BCUT2D eigenvalue weighted by Gasteiger charge is 2.33. The molecule has 4 rings (SSSR count). The van der Waals surface area contributed by atoms with Gasteiger partial charge in [-0.3, -0.25) is 4.79 Å². The molecule has 0 bridgehead atoms. The predicted molar refractivity (Wildman–Crippen MR) is 140 cm³/mol. The third-order valence-corrected chi connectivity index (χ3v) is 7.33. The summed E-state index contributed by atoms with van der Waals surface area (Å²) in [5, 5.41) is 0. The molecule has 184 valence electrons. The summed E-state index contributed by atoms with van der Waals surface area (Å²) in [7, 11) is 1.88. The van der Waals surface area contributed by atoms with Crippen LogP contribution in [0.4, 0.5) is 11.5 Å². The summed E-state index contributed by atoms with van der Waals surface area (Å²) in [6, 6.07) is 11.2. The summed E-state index contributed by atoms with van der Waals surface area (Å²) in [4.78, 5) is 21.9. The van der Waals surface area contributed by atoms with Crippen LogP contribution in [0.2, 0.25) is 0 Å². The van der Waals surface area contributed by atoms with E-state index in [4.69, 9.17) is 9.72 Å². The van der Waals surface area contributed by atoms with Crippen LogP contribution in [0.3, 0.4) is 0 Å². The van der Waals surface area contributed by atoms with Crippen LogP contribution in [0.5, 0.6) is 5.75 Å². The van der Waals surface area contributed by atoms with E-state index in [-0.39, 0.29) is 5.91 Å². The first-order valence-electron chi connectivity index (χ1n) is 13.2. The topological polar surface area (TPSA) is 45.7 Å². The number of hydrogen-bond donors (Lipinski definition) is 0. The van der Waals surface area contributed by atoms with Crippen molar-refractivity contribution in [3.05, 3.63) is 47.7 Å². The molecule has 1 amide bonds. The van der Waals surface area contributed by atoms with Crippen molar-refractivity contribution in [3.63, 3.8) is 0 Å². The van der Waals surface area contributed by atoms with Crippen molar-refractivity contribution in [1.29, 1.82) is 0 Å². The lowest BCUT2D eigenvalue weighted by atomic mass is 9.88. The van der Waals surface area contributed by atoms with Gasteiger partial charge in [-0.05, 0) is 73.8 Å². The molecule has 5 heteroatoms. The molecule has 1 fully saturated rings. The Morgan fingerprint density at radius 3 is 2.59 bits per heavy atom. The molecule has 1 aliphatic carbocycles. The van der Waals surface area contributed by atoms with Crippen molar-refractivity contribution in [3.8, 4) is 5.75 Å². The van der Waals surface area contributed by atoms with Gasteiger partial charge in [0.2, 0.25) is 5.91 Å². The van der Waals surface area contributed by atoms with E-state index >= 15 is 0 Å². The number of amides is 1. The molecule has 1 aliphatic heterocycles. The minimum atomic E-state index is 0.153. The Labute approximate surface area is 205 Å². The lowest BCUT2D eigenvalue weighted by molar-refractivity contribution is -0.119. The zero-order valence-electron chi connectivity index (χ0n) is 21.4. The van der Waals surface area contributed by atoms with Crippen LogP contribution >= 0.6 is 0 Å². The van der Waals surface area contributed by atoms with E-state index in [1.165, 1.54) is 43.2 Å². The molecule has 0 saturated heterocycles. The van der Waals surface area contributed by atoms with E-state index in [0.29, 0.717) is 25.0 Å². The SMILES string of the molecule is CCOc1ccc(CC2Cc3cc(N(C)C(=O)CC(C)C)cnc3N2CC2CCCCC2)cc1. The number of rotatable bonds is 9. The van der Waals surface area contributed by atoms with Crippen LogP contribution in [-0.2, 0) is 17.6 Å². The minimum absolute atomic E-state index is 0.153. The van der Waals surface area contributed by atoms with Gasteiger partial charge in [-0.15, -0.1) is 0 Å². The number of carbonyl (C=O) groups is 1. The first-order valence-corrected chi connectivity index (χ1v) is 13.2. The van der Waals surface area contributed by atoms with Gasteiger partial charge >= 0.3 is 0 Å². The minimum Gasteiger partial charge on any atom is -0.494 e. The lowest BCUT2D eigenvalue weighted by Gasteiger charge is -2.32. The van der Waals surface area contributed by atoms with E-state index in [0.717, 1.165) is 42.6 Å². The average molecular weight is 464 g/mol. The molecule has 0 spiro atoms. The largest absolute Gasteiger partial charge is 0.494 e. The summed E-state index contributed by atoms with van der Waals surface area (Å²) >= 11 is 0. The molecule has 2 heterocycles. The molecule has 1 unspecified atom stereocenters. The van der Waals surface area contributed by atoms with Crippen LogP contribution < -0.4 is 14.5 Å². The van der Waals surface area contributed by atoms with Crippen molar-refractivity contribution >= 4 is 17.4 Å². The van der Waals surface area contributed by atoms with E-state index in [2.05, 4.69) is 49.1 Å². The molecule has 1 aromatic heterocycles. The van der Waals surface area contributed by atoms with Gasteiger partial charge in [-0.25, -0.2) is 4.98 Å². The third kappa shape index (κ3) is 5.92. The number of ether oxygens (including phenoxy) is 1. The fourth-order valence-electron chi connectivity index (χ4n) is 5.48. The third-order valence-electron chi connectivity index (χ3n) is 7.33. The number of carbonyl (C=O) groups excluding carboxylic acids is 1. The van der Waals surface area contributed by atoms with Crippen LogP contribution in [-0.4, -0.2) is 37.1 Å². The van der Waals surface area contributed by atoms with Crippen LogP contribution in [0, 0.1) is 11.8 Å². The number of nitrogens with zero attached hydrogens (tertiary/aromatic N) is 3.